The van der Waals surface area contributed by atoms with Crippen molar-refractivity contribution in [2.75, 3.05) is 6.54 Å². The fraction of sp³-hybridized carbons (Fsp3) is 0.444. The Hall–Kier alpha value is -0.980. The van der Waals surface area contributed by atoms with Crippen molar-refractivity contribution in [3.8, 4) is 6.07 Å². The number of aromatic nitrogens is 1. The maximum absolute atomic E-state index is 8.58. The number of aromatic amines is 1. The zero-order valence-corrected chi connectivity index (χ0v) is 8.61. The molecule has 1 aromatic rings. The first kappa shape index (κ1) is 12.0. The fourth-order valence-electron chi connectivity index (χ4n) is 0.967. The lowest BCUT2D eigenvalue weighted by Crippen LogP contribution is -2.27. The van der Waals surface area contributed by atoms with Gasteiger partial charge in [-0.3, -0.25) is 0 Å². The topological polar surface area (TPSA) is 65.6 Å². The van der Waals surface area contributed by atoms with Crippen molar-refractivity contribution >= 4 is 12.4 Å². The van der Waals surface area contributed by atoms with Crippen LogP contribution in [0.4, 0.5) is 0 Å². The Bertz CT molecular complexity index is 309. The second-order valence-corrected chi connectivity index (χ2v) is 3.50. The van der Waals surface area contributed by atoms with Crippen LogP contribution >= 0.6 is 12.4 Å². The van der Waals surface area contributed by atoms with Crippen LogP contribution in [-0.2, 0) is 5.41 Å². The predicted octanol–water partition coefficient (Wildman–Crippen LogP) is 1.54. The molecule has 0 spiro atoms. The standard InChI is InChI=1S/C9H13N3.ClH/c1-9(2,6-11)7-3-8(4-10)12-5-7;/h3,5,12H,6,11H2,1-2H3;1H. The van der Waals surface area contributed by atoms with Gasteiger partial charge >= 0.3 is 0 Å². The van der Waals surface area contributed by atoms with E-state index in [0.717, 1.165) is 5.56 Å². The molecular formula is C9H14ClN3. The highest BCUT2D eigenvalue weighted by Gasteiger charge is 2.19. The molecule has 0 radical (unpaired) electrons. The molecule has 1 heterocycles. The molecule has 0 bridgehead atoms. The molecule has 1 rings (SSSR count). The van der Waals surface area contributed by atoms with E-state index >= 15 is 0 Å². The third-order valence-electron chi connectivity index (χ3n) is 2.10. The first-order valence-corrected chi connectivity index (χ1v) is 3.89. The van der Waals surface area contributed by atoms with E-state index in [2.05, 4.69) is 18.8 Å². The summed E-state index contributed by atoms with van der Waals surface area (Å²) < 4.78 is 0. The second-order valence-electron chi connectivity index (χ2n) is 3.50. The summed E-state index contributed by atoms with van der Waals surface area (Å²) in [7, 11) is 0. The summed E-state index contributed by atoms with van der Waals surface area (Å²) in [5, 5.41) is 8.58. The summed E-state index contributed by atoms with van der Waals surface area (Å²) in [5.41, 5.74) is 7.22. The quantitative estimate of drug-likeness (QED) is 0.759. The van der Waals surface area contributed by atoms with Gasteiger partial charge in [0.15, 0.2) is 0 Å². The summed E-state index contributed by atoms with van der Waals surface area (Å²) in [6.07, 6.45) is 1.84. The number of rotatable bonds is 2. The first-order valence-electron chi connectivity index (χ1n) is 3.89. The molecule has 0 amide bonds. The number of nitrogens with two attached hydrogens (primary N) is 1. The van der Waals surface area contributed by atoms with Gasteiger partial charge in [0.2, 0.25) is 0 Å². The van der Waals surface area contributed by atoms with Gasteiger partial charge in [-0.15, -0.1) is 12.4 Å². The monoisotopic (exact) mass is 199 g/mol. The molecule has 0 unspecified atom stereocenters. The van der Waals surface area contributed by atoms with Crippen molar-refractivity contribution in [3.63, 3.8) is 0 Å². The molecule has 0 saturated carbocycles. The highest BCUT2D eigenvalue weighted by Crippen LogP contribution is 2.21. The number of nitriles is 1. The van der Waals surface area contributed by atoms with Gasteiger partial charge < -0.3 is 10.7 Å². The summed E-state index contributed by atoms with van der Waals surface area (Å²) >= 11 is 0. The van der Waals surface area contributed by atoms with Crippen LogP contribution < -0.4 is 5.73 Å². The van der Waals surface area contributed by atoms with Crippen LogP contribution in [0.25, 0.3) is 0 Å². The van der Waals surface area contributed by atoms with E-state index in [0.29, 0.717) is 12.2 Å². The van der Waals surface area contributed by atoms with E-state index in [1.165, 1.54) is 0 Å². The minimum atomic E-state index is -0.0500. The first-order chi connectivity index (χ1) is 5.60. The molecule has 0 atom stereocenters. The molecule has 3 N–H and O–H groups in total. The van der Waals surface area contributed by atoms with Crippen molar-refractivity contribution in [1.29, 1.82) is 5.26 Å². The van der Waals surface area contributed by atoms with Gasteiger partial charge in [0.1, 0.15) is 11.8 Å². The van der Waals surface area contributed by atoms with Crippen molar-refractivity contribution in [2.45, 2.75) is 19.3 Å². The number of nitrogens with one attached hydrogen (secondary N) is 1. The molecule has 0 aromatic carbocycles. The third kappa shape index (κ3) is 2.48. The lowest BCUT2D eigenvalue weighted by Gasteiger charge is -2.20. The molecular weight excluding hydrogens is 186 g/mol. The van der Waals surface area contributed by atoms with Gasteiger partial charge in [-0.25, -0.2) is 0 Å². The normalized spacial score (nSPS) is 10.3. The number of hydrogen-bond donors (Lipinski definition) is 2. The number of halogens is 1. The van der Waals surface area contributed by atoms with Crippen molar-refractivity contribution in [1.82, 2.24) is 4.98 Å². The van der Waals surface area contributed by atoms with Crippen LogP contribution in [0.15, 0.2) is 12.3 Å². The van der Waals surface area contributed by atoms with Gasteiger partial charge in [-0.1, -0.05) is 13.8 Å². The zero-order valence-electron chi connectivity index (χ0n) is 7.79. The fourth-order valence-corrected chi connectivity index (χ4v) is 0.967. The van der Waals surface area contributed by atoms with E-state index in [1.807, 2.05) is 18.3 Å². The Kier molecular flexibility index (Phi) is 3.99. The summed E-state index contributed by atoms with van der Waals surface area (Å²) in [5.74, 6) is 0. The van der Waals surface area contributed by atoms with Crippen LogP contribution in [0.2, 0.25) is 0 Å². The van der Waals surface area contributed by atoms with Crippen molar-refractivity contribution in [3.05, 3.63) is 23.5 Å². The zero-order chi connectivity index (χ0) is 9.19. The molecule has 0 fully saturated rings. The van der Waals surface area contributed by atoms with Crippen LogP contribution in [0.5, 0.6) is 0 Å². The number of hydrogen-bond acceptors (Lipinski definition) is 2. The average Bonchev–Trinajstić information content (AvgIpc) is 2.52. The molecule has 72 valence electrons. The maximum Gasteiger partial charge on any atom is 0.117 e. The summed E-state index contributed by atoms with van der Waals surface area (Å²) in [6.45, 7) is 4.68. The van der Waals surface area contributed by atoms with Crippen LogP contribution in [0.1, 0.15) is 25.1 Å². The Morgan fingerprint density at radius 1 is 1.62 bits per heavy atom. The number of H-pyrrole nitrogens is 1. The van der Waals surface area contributed by atoms with Crippen LogP contribution in [-0.4, -0.2) is 11.5 Å². The van der Waals surface area contributed by atoms with Crippen LogP contribution in [0.3, 0.4) is 0 Å². The minimum Gasteiger partial charge on any atom is -0.353 e. The minimum absolute atomic E-state index is 0. The predicted molar refractivity (Wildman–Crippen MR) is 54.8 cm³/mol. The average molecular weight is 200 g/mol. The highest BCUT2D eigenvalue weighted by atomic mass is 35.5. The van der Waals surface area contributed by atoms with Gasteiger partial charge in [-0.05, 0) is 11.6 Å². The van der Waals surface area contributed by atoms with Crippen molar-refractivity contribution < 1.29 is 0 Å². The molecule has 0 aliphatic heterocycles. The van der Waals surface area contributed by atoms with E-state index in [-0.39, 0.29) is 17.8 Å². The van der Waals surface area contributed by atoms with Gasteiger partial charge in [0.25, 0.3) is 0 Å². The SMILES string of the molecule is CC(C)(CN)c1c[nH]c(C#N)c1.Cl. The molecule has 0 aliphatic carbocycles. The van der Waals surface area contributed by atoms with E-state index in [1.54, 1.807) is 0 Å². The molecule has 3 nitrogen and oxygen atoms in total. The molecule has 0 saturated heterocycles. The van der Waals surface area contributed by atoms with Crippen molar-refractivity contribution in [2.24, 2.45) is 5.73 Å². The highest BCUT2D eigenvalue weighted by molar-refractivity contribution is 5.85. The van der Waals surface area contributed by atoms with E-state index in [9.17, 15) is 0 Å². The second kappa shape index (κ2) is 4.31. The Labute approximate surface area is 84.4 Å². The number of nitrogens with zero attached hydrogens (tertiary/aromatic N) is 1. The molecule has 1 aromatic heterocycles. The Morgan fingerprint density at radius 3 is 2.62 bits per heavy atom. The third-order valence-corrected chi connectivity index (χ3v) is 2.10. The molecule has 13 heavy (non-hydrogen) atoms. The summed E-state index contributed by atoms with van der Waals surface area (Å²) in [6, 6.07) is 3.89. The van der Waals surface area contributed by atoms with Crippen LogP contribution in [0, 0.1) is 11.3 Å². The largest absolute Gasteiger partial charge is 0.353 e. The Morgan fingerprint density at radius 2 is 2.23 bits per heavy atom. The lowest BCUT2D eigenvalue weighted by molar-refractivity contribution is 0.540. The van der Waals surface area contributed by atoms with Gasteiger partial charge in [0.05, 0.1) is 0 Å². The van der Waals surface area contributed by atoms with Gasteiger partial charge in [-0.2, -0.15) is 5.26 Å². The smallest absolute Gasteiger partial charge is 0.117 e. The van der Waals surface area contributed by atoms with E-state index < -0.39 is 0 Å². The van der Waals surface area contributed by atoms with Gasteiger partial charge in [0, 0.05) is 18.2 Å². The summed E-state index contributed by atoms with van der Waals surface area (Å²) in [4.78, 5) is 2.88. The molecule has 4 heteroatoms. The Balaban J connectivity index is 0.00000144. The lowest BCUT2D eigenvalue weighted by atomic mass is 9.87. The van der Waals surface area contributed by atoms with E-state index in [4.69, 9.17) is 11.0 Å². The molecule has 0 aliphatic rings. The maximum atomic E-state index is 8.58.